The molecule has 0 bridgehead atoms. The number of nitrogens with zero attached hydrogens (tertiary/aromatic N) is 3. The van der Waals surface area contributed by atoms with Gasteiger partial charge in [0, 0.05) is 37.8 Å². The van der Waals surface area contributed by atoms with Crippen LogP contribution in [0, 0.1) is 11.6 Å². The molecule has 0 fully saturated rings. The third kappa shape index (κ3) is 2.63. The molecule has 1 aliphatic rings. The summed E-state index contributed by atoms with van der Waals surface area (Å²) in [4.78, 5) is 9.88. The van der Waals surface area contributed by atoms with Crippen LogP contribution in [0.15, 0.2) is 30.6 Å². The molecule has 1 aromatic carbocycles. The van der Waals surface area contributed by atoms with E-state index in [1.54, 1.807) is 12.4 Å². The van der Waals surface area contributed by atoms with Gasteiger partial charge in [0.05, 0.1) is 23.1 Å². The first-order valence-corrected chi connectivity index (χ1v) is 7.43. The highest BCUT2D eigenvalue weighted by atomic mass is 19.1. The number of benzene rings is 1. The summed E-state index contributed by atoms with van der Waals surface area (Å²) in [6.45, 7) is 1.56. The molecule has 118 valence electrons. The van der Waals surface area contributed by atoms with E-state index in [1.807, 2.05) is 4.90 Å². The van der Waals surface area contributed by atoms with Crippen molar-refractivity contribution < 1.29 is 8.78 Å². The maximum Gasteiger partial charge on any atom is 0.141 e. The van der Waals surface area contributed by atoms with Crippen molar-refractivity contribution in [1.29, 1.82) is 0 Å². The molecule has 2 aromatic heterocycles. The van der Waals surface area contributed by atoms with Crippen molar-refractivity contribution in [3.63, 3.8) is 0 Å². The number of H-pyrrole nitrogens is 2. The van der Waals surface area contributed by atoms with Crippen LogP contribution in [0.4, 0.5) is 8.78 Å². The van der Waals surface area contributed by atoms with Crippen LogP contribution >= 0.6 is 0 Å². The predicted molar refractivity (Wildman–Crippen MR) is 80.3 cm³/mol. The Morgan fingerprint density at radius 2 is 2.04 bits per heavy atom. The molecule has 0 atom stereocenters. The van der Waals surface area contributed by atoms with Crippen LogP contribution in [-0.2, 0) is 19.5 Å². The molecule has 0 aliphatic carbocycles. The Kier molecular flexibility index (Phi) is 3.42. The molecule has 4 rings (SSSR count). The highest BCUT2D eigenvalue weighted by Crippen LogP contribution is 2.24. The third-order valence-electron chi connectivity index (χ3n) is 4.13. The fourth-order valence-electron chi connectivity index (χ4n) is 2.91. The molecule has 0 radical (unpaired) electrons. The number of aromatic amines is 2. The first-order valence-electron chi connectivity index (χ1n) is 7.43. The quantitative estimate of drug-likeness (QED) is 0.781. The number of fused-ring (bicyclic) bond motifs is 1. The Morgan fingerprint density at radius 3 is 2.78 bits per heavy atom. The molecule has 1 aliphatic heterocycles. The van der Waals surface area contributed by atoms with Crippen molar-refractivity contribution in [3.8, 4) is 11.4 Å². The Balaban J connectivity index is 1.55. The molecule has 0 amide bonds. The second kappa shape index (κ2) is 5.58. The van der Waals surface area contributed by atoms with Gasteiger partial charge in [-0.2, -0.15) is 5.10 Å². The van der Waals surface area contributed by atoms with E-state index in [1.165, 1.54) is 18.2 Å². The molecule has 3 aromatic rings. The van der Waals surface area contributed by atoms with Gasteiger partial charge < -0.3 is 4.98 Å². The summed E-state index contributed by atoms with van der Waals surface area (Å²) in [6, 6.07) is 3.97. The van der Waals surface area contributed by atoms with Gasteiger partial charge in [0.25, 0.3) is 0 Å². The van der Waals surface area contributed by atoms with Crippen molar-refractivity contribution in [2.75, 3.05) is 6.54 Å². The molecule has 0 spiro atoms. The fraction of sp³-hybridized carbons (Fsp3) is 0.250. The second-order valence-electron chi connectivity index (χ2n) is 5.66. The molecular formula is C16H15F2N5. The van der Waals surface area contributed by atoms with Crippen molar-refractivity contribution in [2.24, 2.45) is 0 Å². The lowest BCUT2D eigenvalue weighted by Crippen LogP contribution is -2.30. The lowest BCUT2D eigenvalue weighted by atomic mass is 10.1. The van der Waals surface area contributed by atoms with Crippen LogP contribution in [0.3, 0.4) is 0 Å². The highest BCUT2D eigenvalue weighted by molar-refractivity contribution is 5.53. The van der Waals surface area contributed by atoms with Gasteiger partial charge in [-0.05, 0) is 12.1 Å². The maximum atomic E-state index is 13.8. The first-order chi connectivity index (χ1) is 11.2. The number of hydrogen-bond donors (Lipinski definition) is 2. The summed E-state index contributed by atoms with van der Waals surface area (Å²) in [6.07, 6.45) is 4.23. The van der Waals surface area contributed by atoms with Gasteiger partial charge in [0.2, 0.25) is 0 Å². The van der Waals surface area contributed by atoms with Gasteiger partial charge in [-0.25, -0.2) is 13.8 Å². The molecule has 0 unspecified atom stereocenters. The minimum absolute atomic E-state index is 0.116. The zero-order chi connectivity index (χ0) is 15.8. The van der Waals surface area contributed by atoms with Gasteiger partial charge in [-0.15, -0.1) is 0 Å². The zero-order valence-electron chi connectivity index (χ0n) is 12.3. The Morgan fingerprint density at radius 1 is 1.22 bits per heavy atom. The summed E-state index contributed by atoms with van der Waals surface area (Å²) in [5.41, 5.74) is 3.01. The van der Waals surface area contributed by atoms with Crippen LogP contribution in [0.2, 0.25) is 0 Å². The Labute approximate surface area is 131 Å². The minimum atomic E-state index is -0.500. The van der Waals surface area contributed by atoms with E-state index in [-0.39, 0.29) is 12.1 Å². The third-order valence-corrected chi connectivity index (χ3v) is 4.13. The van der Waals surface area contributed by atoms with Crippen LogP contribution in [-0.4, -0.2) is 31.6 Å². The summed E-state index contributed by atoms with van der Waals surface area (Å²) in [7, 11) is 0. The summed E-state index contributed by atoms with van der Waals surface area (Å²) in [5.74, 6) is -0.235. The number of nitrogens with one attached hydrogen (secondary N) is 2. The van der Waals surface area contributed by atoms with Crippen LogP contribution in [0.1, 0.15) is 17.0 Å². The van der Waals surface area contributed by atoms with E-state index in [4.69, 9.17) is 0 Å². The Hall–Kier alpha value is -2.54. The van der Waals surface area contributed by atoms with E-state index in [0.29, 0.717) is 6.54 Å². The maximum absolute atomic E-state index is 13.8. The topological polar surface area (TPSA) is 60.6 Å². The first kappa shape index (κ1) is 14.1. The Bertz CT molecular complexity index is 805. The minimum Gasteiger partial charge on any atom is -0.340 e. The summed E-state index contributed by atoms with van der Waals surface area (Å²) in [5, 5.41) is 6.67. The standard InChI is InChI=1S/C16H15F2N5/c17-12-2-1-3-13(18)11(12)8-23-5-4-14-15(9-23)22-16(21-14)10-6-19-20-7-10/h1-3,6-7H,4-5,8-9H2,(H,19,20)(H,21,22). The molecule has 23 heavy (non-hydrogen) atoms. The van der Waals surface area contributed by atoms with E-state index in [0.717, 1.165) is 35.7 Å². The predicted octanol–water partition coefficient (Wildman–Crippen LogP) is 2.64. The van der Waals surface area contributed by atoms with E-state index < -0.39 is 11.6 Å². The van der Waals surface area contributed by atoms with Crippen molar-refractivity contribution in [1.82, 2.24) is 25.1 Å². The van der Waals surface area contributed by atoms with E-state index >= 15 is 0 Å². The van der Waals surface area contributed by atoms with Gasteiger partial charge in [0.1, 0.15) is 17.5 Å². The van der Waals surface area contributed by atoms with E-state index in [9.17, 15) is 8.78 Å². The summed E-state index contributed by atoms with van der Waals surface area (Å²) >= 11 is 0. The zero-order valence-corrected chi connectivity index (χ0v) is 12.3. The van der Waals surface area contributed by atoms with Gasteiger partial charge in [-0.3, -0.25) is 10.00 Å². The lowest BCUT2D eigenvalue weighted by molar-refractivity contribution is 0.234. The largest absolute Gasteiger partial charge is 0.340 e. The fourth-order valence-corrected chi connectivity index (χ4v) is 2.91. The van der Waals surface area contributed by atoms with Crippen molar-refractivity contribution in [2.45, 2.75) is 19.5 Å². The molecule has 7 heteroatoms. The van der Waals surface area contributed by atoms with Gasteiger partial charge >= 0.3 is 0 Å². The number of halogens is 2. The second-order valence-corrected chi connectivity index (χ2v) is 5.66. The number of hydrogen-bond acceptors (Lipinski definition) is 3. The number of rotatable bonds is 3. The van der Waals surface area contributed by atoms with Crippen LogP contribution in [0.25, 0.3) is 11.4 Å². The number of imidazole rings is 1. The monoisotopic (exact) mass is 315 g/mol. The molecule has 3 heterocycles. The van der Waals surface area contributed by atoms with Gasteiger partial charge in [-0.1, -0.05) is 6.07 Å². The summed E-state index contributed by atoms with van der Waals surface area (Å²) < 4.78 is 27.6. The average molecular weight is 315 g/mol. The van der Waals surface area contributed by atoms with Crippen LogP contribution in [0.5, 0.6) is 0 Å². The van der Waals surface area contributed by atoms with Crippen molar-refractivity contribution >= 4 is 0 Å². The van der Waals surface area contributed by atoms with E-state index in [2.05, 4.69) is 20.2 Å². The average Bonchev–Trinajstić information content (AvgIpc) is 3.19. The normalized spacial score (nSPS) is 14.9. The van der Waals surface area contributed by atoms with Crippen LogP contribution < -0.4 is 0 Å². The molecule has 2 N–H and O–H groups in total. The SMILES string of the molecule is Fc1cccc(F)c1CN1CCc2nc(-c3cn[nH]c3)[nH]c2C1. The highest BCUT2D eigenvalue weighted by Gasteiger charge is 2.22. The molecule has 5 nitrogen and oxygen atoms in total. The lowest BCUT2D eigenvalue weighted by Gasteiger charge is -2.26. The molecular weight excluding hydrogens is 300 g/mol. The molecule has 0 saturated carbocycles. The van der Waals surface area contributed by atoms with Crippen molar-refractivity contribution in [3.05, 3.63) is 59.2 Å². The van der Waals surface area contributed by atoms with Gasteiger partial charge in [0.15, 0.2) is 0 Å². The number of aromatic nitrogens is 4. The smallest absolute Gasteiger partial charge is 0.141 e. The molecule has 0 saturated heterocycles.